The Hall–Kier alpha value is -2.70. The molecule has 7 heteroatoms. The summed E-state index contributed by atoms with van der Waals surface area (Å²) in [4.78, 5) is 16.2. The quantitative estimate of drug-likeness (QED) is 0.919. The van der Waals surface area contributed by atoms with Gasteiger partial charge in [0.1, 0.15) is 5.82 Å². The van der Waals surface area contributed by atoms with Gasteiger partial charge in [0, 0.05) is 26.2 Å². The zero-order valence-corrected chi connectivity index (χ0v) is 14.8. The maximum Gasteiger partial charge on any atom is 0.322 e. The minimum Gasteiger partial charge on any atom is -0.352 e. The van der Waals surface area contributed by atoms with Gasteiger partial charge in [-0.2, -0.15) is 5.10 Å². The van der Waals surface area contributed by atoms with Crippen LogP contribution in [-0.4, -0.2) is 47.3 Å². The lowest BCUT2D eigenvalue weighted by molar-refractivity contribution is 0.208. The van der Waals surface area contributed by atoms with Crippen LogP contribution >= 0.6 is 0 Å². The number of rotatable bonds is 3. The largest absolute Gasteiger partial charge is 0.352 e. The molecule has 2 aliphatic rings. The predicted octanol–water partition coefficient (Wildman–Crippen LogP) is 3.16. The standard InChI is InChI=1S/C19H22FN5O/c1-13-2-7-18(23-22-13)24-8-10-25(11-9-24)19(26)21-17-6-5-15(12-16(17)20)14-3-4-14/h2,5-7,12,14H,3-4,8-11H2,1H3,(H,21,26). The van der Waals surface area contributed by atoms with Crippen molar-refractivity contribution in [2.75, 3.05) is 36.4 Å². The Bertz CT molecular complexity index is 798. The summed E-state index contributed by atoms with van der Waals surface area (Å²) in [6.45, 7) is 4.37. The van der Waals surface area contributed by atoms with E-state index < -0.39 is 0 Å². The van der Waals surface area contributed by atoms with E-state index in [1.165, 1.54) is 0 Å². The van der Waals surface area contributed by atoms with E-state index in [2.05, 4.69) is 20.4 Å². The van der Waals surface area contributed by atoms with Crippen LogP contribution in [0.4, 0.5) is 20.7 Å². The minimum absolute atomic E-state index is 0.242. The Labute approximate surface area is 152 Å². The number of halogens is 1. The van der Waals surface area contributed by atoms with Crippen molar-refractivity contribution in [3.8, 4) is 0 Å². The summed E-state index contributed by atoms with van der Waals surface area (Å²) < 4.78 is 14.2. The smallest absolute Gasteiger partial charge is 0.322 e. The number of nitrogens with zero attached hydrogens (tertiary/aromatic N) is 4. The number of aromatic nitrogens is 2. The first kappa shape index (κ1) is 16.8. The van der Waals surface area contributed by atoms with Crippen LogP contribution in [0.15, 0.2) is 30.3 Å². The highest BCUT2D eigenvalue weighted by Gasteiger charge is 2.25. The highest BCUT2D eigenvalue weighted by molar-refractivity contribution is 5.89. The topological polar surface area (TPSA) is 61.4 Å². The van der Waals surface area contributed by atoms with E-state index in [0.717, 1.165) is 29.9 Å². The second kappa shape index (κ2) is 6.90. The van der Waals surface area contributed by atoms with Crippen molar-refractivity contribution in [3.05, 3.63) is 47.4 Å². The molecule has 1 aliphatic heterocycles. The molecule has 2 amide bonds. The Morgan fingerprint density at radius 1 is 1.12 bits per heavy atom. The number of hydrogen-bond acceptors (Lipinski definition) is 4. The third-order valence-electron chi connectivity index (χ3n) is 4.96. The van der Waals surface area contributed by atoms with Crippen molar-refractivity contribution in [2.45, 2.75) is 25.7 Å². The van der Waals surface area contributed by atoms with Crippen LogP contribution in [0.25, 0.3) is 0 Å². The molecule has 2 fully saturated rings. The Morgan fingerprint density at radius 2 is 1.88 bits per heavy atom. The van der Waals surface area contributed by atoms with Crippen molar-refractivity contribution in [1.29, 1.82) is 0 Å². The van der Waals surface area contributed by atoms with Crippen molar-refractivity contribution < 1.29 is 9.18 Å². The number of aryl methyl sites for hydroxylation is 1. The fraction of sp³-hybridized carbons (Fsp3) is 0.421. The van der Waals surface area contributed by atoms with Gasteiger partial charge < -0.3 is 15.1 Å². The molecule has 1 saturated heterocycles. The molecule has 6 nitrogen and oxygen atoms in total. The van der Waals surface area contributed by atoms with E-state index in [1.54, 1.807) is 17.0 Å². The van der Waals surface area contributed by atoms with Crippen molar-refractivity contribution in [2.24, 2.45) is 0 Å². The second-order valence-corrected chi connectivity index (χ2v) is 6.95. The van der Waals surface area contributed by atoms with Gasteiger partial charge in [-0.25, -0.2) is 9.18 Å². The number of carbonyl (C=O) groups excluding carboxylic acids is 1. The SMILES string of the molecule is Cc1ccc(N2CCN(C(=O)Nc3ccc(C4CC4)cc3F)CC2)nn1. The number of urea groups is 1. The van der Waals surface area contributed by atoms with Crippen LogP contribution in [0.1, 0.15) is 30.0 Å². The van der Waals surface area contributed by atoms with E-state index in [4.69, 9.17) is 0 Å². The number of carbonyl (C=O) groups is 1. The van der Waals surface area contributed by atoms with Crippen LogP contribution < -0.4 is 10.2 Å². The molecule has 0 bridgehead atoms. The summed E-state index contributed by atoms with van der Waals surface area (Å²) in [5.74, 6) is 0.945. The van der Waals surface area contributed by atoms with Gasteiger partial charge in [-0.1, -0.05) is 6.07 Å². The lowest BCUT2D eigenvalue weighted by Gasteiger charge is -2.35. The molecule has 1 aromatic heterocycles. The Morgan fingerprint density at radius 3 is 2.50 bits per heavy atom. The van der Waals surface area contributed by atoms with Crippen LogP contribution in [-0.2, 0) is 0 Å². The fourth-order valence-corrected chi connectivity index (χ4v) is 3.20. The summed E-state index contributed by atoms with van der Waals surface area (Å²) >= 11 is 0. The molecule has 0 spiro atoms. The summed E-state index contributed by atoms with van der Waals surface area (Å²) in [6.07, 6.45) is 2.25. The average molecular weight is 355 g/mol. The third kappa shape index (κ3) is 3.61. The molecule has 0 radical (unpaired) electrons. The normalized spacial score (nSPS) is 17.3. The van der Waals surface area contributed by atoms with Gasteiger partial charge in [-0.15, -0.1) is 5.10 Å². The maximum absolute atomic E-state index is 14.2. The minimum atomic E-state index is -0.365. The first-order valence-electron chi connectivity index (χ1n) is 9.01. The summed E-state index contributed by atoms with van der Waals surface area (Å²) in [6, 6.07) is 8.72. The molecule has 136 valence electrons. The number of piperazine rings is 1. The Balaban J connectivity index is 1.34. The zero-order valence-electron chi connectivity index (χ0n) is 14.8. The molecular weight excluding hydrogens is 333 g/mol. The molecule has 0 unspecified atom stereocenters. The van der Waals surface area contributed by atoms with E-state index in [1.807, 2.05) is 25.1 Å². The van der Waals surface area contributed by atoms with Crippen molar-refractivity contribution in [3.63, 3.8) is 0 Å². The number of nitrogens with one attached hydrogen (secondary N) is 1. The molecule has 26 heavy (non-hydrogen) atoms. The van der Waals surface area contributed by atoms with Crippen LogP contribution in [0.5, 0.6) is 0 Å². The van der Waals surface area contributed by atoms with E-state index in [9.17, 15) is 9.18 Å². The van der Waals surface area contributed by atoms with Gasteiger partial charge in [0.25, 0.3) is 0 Å². The molecular formula is C19H22FN5O. The van der Waals surface area contributed by atoms with Crippen molar-refractivity contribution in [1.82, 2.24) is 15.1 Å². The molecule has 2 heterocycles. The molecule has 1 aliphatic carbocycles. The Kier molecular flexibility index (Phi) is 4.44. The lowest BCUT2D eigenvalue weighted by Crippen LogP contribution is -2.50. The molecule has 1 saturated carbocycles. The summed E-state index contributed by atoms with van der Waals surface area (Å²) in [7, 11) is 0. The van der Waals surface area contributed by atoms with E-state index >= 15 is 0 Å². The maximum atomic E-state index is 14.2. The number of hydrogen-bond donors (Lipinski definition) is 1. The fourth-order valence-electron chi connectivity index (χ4n) is 3.20. The van der Waals surface area contributed by atoms with Crippen LogP contribution in [0.3, 0.4) is 0 Å². The van der Waals surface area contributed by atoms with Crippen LogP contribution in [0, 0.1) is 12.7 Å². The molecule has 0 atom stereocenters. The van der Waals surface area contributed by atoms with Gasteiger partial charge in [0.05, 0.1) is 11.4 Å². The number of benzene rings is 1. The van der Waals surface area contributed by atoms with E-state index in [0.29, 0.717) is 32.1 Å². The lowest BCUT2D eigenvalue weighted by atomic mass is 10.1. The van der Waals surface area contributed by atoms with Gasteiger partial charge in [-0.05, 0) is 55.5 Å². The van der Waals surface area contributed by atoms with Gasteiger partial charge in [0.15, 0.2) is 5.82 Å². The van der Waals surface area contributed by atoms with Crippen molar-refractivity contribution >= 4 is 17.5 Å². The summed E-state index contributed by atoms with van der Waals surface area (Å²) in [5.41, 5.74) is 2.14. The highest BCUT2D eigenvalue weighted by atomic mass is 19.1. The van der Waals surface area contributed by atoms with Gasteiger partial charge >= 0.3 is 6.03 Å². The van der Waals surface area contributed by atoms with Gasteiger partial charge in [-0.3, -0.25) is 0 Å². The number of anilines is 2. The van der Waals surface area contributed by atoms with Crippen LogP contribution in [0.2, 0.25) is 0 Å². The second-order valence-electron chi connectivity index (χ2n) is 6.95. The number of amides is 2. The molecule has 2 aromatic rings. The summed E-state index contributed by atoms with van der Waals surface area (Å²) in [5, 5.41) is 11.0. The molecule has 1 N–H and O–H groups in total. The molecule has 4 rings (SSSR count). The third-order valence-corrected chi connectivity index (χ3v) is 4.96. The first-order chi connectivity index (χ1) is 12.6. The predicted molar refractivity (Wildman–Crippen MR) is 97.9 cm³/mol. The average Bonchev–Trinajstić information content (AvgIpc) is 3.49. The molecule has 1 aromatic carbocycles. The van der Waals surface area contributed by atoms with E-state index in [-0.39, 0.29) is 17.5 Å². The monoisotopic (exact) mass is 355 g/mol. The zero-order chi connectivity index (χ0) is 18.1. The van der Waals surface area contributed by atoms with Gasteiger partial charge in [0.2, 0.25) is 0 Å². The highest BCUT2D eigenvalue weighted by Crippen LogP contribution is 2.40. The first-order valence-corrected chi connectivity index (χ1v) is 9.01.